The summed E-state index contributed by atoms with van der Waals surface area (Å²) in [5.74, 6) is -49.8. The van der Waals surface area contributed by atoms with Crippen LogP contribution in [0.4, 0.5) is 74.6 Å². The van der Waals surface area contributed by atoms with Gasteiger partial charge in [-0.2, -0.15) is 74.6 Å². The molecule has 0 amide bonds. The van der Waals surface area contributed by atoms with E-state index < -0.39 is 47.0 Å². The molecule has 0 aliphatic heterocycles. The minimum Gasteiger partial charge on any atom is -0.192 e. The highest BCUT2D eigenvalue weighted by molar-refractivity contribution is 7.81. The topological polar surface area (TPSA) is 0 Å². The lowest BCUT2D eigenvalue weighted by Crippen LogP contribution is -2.74. The van der Waals surface area contributed by atoms with Crippen LogP contribution in [-0.4, -0.2) is 47.0 Å². The van der Waals surface area contributed by atoms with Gasteiger partial charge < -0.3 is 0 Å². The largest absolute Gasteiger partial charge is 0.460 e. The maximum Gasteiger partial charge on any atom is 0.460 e. The van der Waals surface area contributed by atoms with E-state index in [4.69, 9.17) is 0 Å². The first kappa shape index (κ1) is 25.2. The minimum absolute atomic E-state index is 2.33. The van der Waals surface area contributed by atoms with Crippen molar-refractivity contribution in [3.05, 3.63) is 0 Å². The van der Waals surface area contributed by atoms with Crippen LogP contribution in [0, 0.1) is 0 Å². The predicted molar refractivity (Wildman–Crippen MR) is 48.3 cm³/mol. The van der Waals surface area contributed by atoms with Crippen LogP contribution in [0.15, 0.2) is 0 Å². The second-order valence-electron chi connectivity index (χ2n) is 4.46. The Morgan fingerprint density at radius 3 is 0.692 bits per heavy atom. The van der Waals surface area contributed by atoms with E-state index in [1.807, 2.05) is 0 Å². The van der Waals surface area contributed by atoms with Crippen molar-refractivity contribution in [1.29, 1.82) is 0 Å². The Labute approximate surface area is 135 Å². The molecule has 0 aromatic heterocycles. The summed E-state index contributed by atoms with van der Waals surface area (Å²) in [6.45, 7) is 0. The summed E-state index contributed by atoms with van der Waals surface area (Å²) >= 11 is 2.33. The zero-order valence-corrected chi connectivity index (χ0v) is 11.7. The average Bonchev–Trinajstić information content (AvgIpc) is 2.34. The molecule has 0 atom stereocenters. The predicted octanol–water partition coefficient (Wildman–Crippen LogP) is 6.15. The van der Waals surface area contributed by atoms with E-state index in [0.717, 1.165) is 0 Å². The molecule has 0 aromatic rings. The molecule has 0 aliphatic rings. The third-order valence-corrected chi connectivity index (χ3v) is 2.95. The van der Waals surface area contributed by atoms with Crippen molar-refractivity contribution >= 4 is 12.6 Å². The first-order valence-corrected chi connectivity index (χ1v) is 5.58. The molecular weight excluding hydrogens is 451 g/mol. The molecule has 0 saturated heterocycles. The van der Waals surface area contributed by atoms with E-state index in [-0.39, 0.29) is 0 Å². The summed E-state index contributed by atoms with van der Waals surface area (Å²) in [6, 6.07) is 0. The Morgan fingerprint density at radius 2 is 0.500 bits per heavy atom. The zero-order valence-electron chi connectivity index (χ0n) is 10.8. The van der Waals surface area contributed by atoms with Crippen LogP contribution in [0.2, 0.25) is 0 Å². The Kier molecular flexibility index (Phi) is 5.64. The molecular formula is C8F17S. The van der Waals surface area contributed by atoms with Crippen LogP contribution in [0.25, 0.3) is 0 Å². The van der Waals surface area contributed by atoms with Crippen LogP contribution in [-0.2, 0) is 0 Å². The highest BCUT2D eigenvalue weighted by Gasteiger charge is 2.95. The van der Waals surface area contributed by atoms with Gasteiger partial charge in [-0.3, -0.25) is 0 Å². The summed E-state index contributed by atoms with van der Waals surface area (Å²) in [7, 11) is 0. The molecule has 18 heteroatoms. The van der Waals surface area contributed by atoms with Crippen LogP contribution >= 0.6 is 12.6 Å². The number of alkyl halides is 17. The first-order chi connectivity index (χ1) is 10.8. The molecule has 0 bridgehead atoms. The molecule has 0 nitrogen and oxygen atoms in total. The molecule has 0 aromatic carbocycles. The third-order valence-electron chi connectivity index (χ3n) is 2.69. The number of hydrogen-bond acceptors (Lipinski definition) is 0. The van der Waals surface area contributed by atoms with Gasteiger partial charge in [-0.25, -0.2) is 0 Å². The number of hydrogen-bond donors (Lipinski definition) is 0. The molecule has 26 heavy (non-hydrogen) atoms. The third kappa shape index (κ3) is 2.94. The minimum atomic E-state index is -8.60. The van der Waals surface area contributed by atoms with E-state index in [1.54, 1.807) is 0 Å². The average molecular weight is 451 g/mol. The Bertz CT molecular complexity index is 474. The monoisotopic (exact) mass is 451 g/mol. The summed E-state index contributed by atoms with van der Waals surface area (Å²) in [4.78, 5) is 0. The van der Waals surface area contributed by atoms with Crippen LogP contribution < -0.4 is 0 Å². The van der Waals surface area contributed by atoms with Crippen molar-refractivity contribution in [2.75, 3.05) is 0 Å². The van der Waals surface area contributed by atoms with Gasteiger partial charge >= 0.3 is 47.0 Å². The molecule has 0 heterocycles. The van der Waals surface area contributed by atoms with Crippen molar-refractivity contribution in [2.24, 2.45) is 0 Å². The van der Waals surface area contributed by atoms with E-state index in [1.165, 1.54) is 0 Å². The highest BCUT2D eigenvalue weighted by Crippen LogP contribution is 2.64. The zero-order chi connectivity index (χ0) is 22.0. The summed E-state index contributed by atoms with van der Waals surface area (Å²) in [5, 5.41) is -6.72. The van der Waals surface area contributed by atoms with Crippen molar-refractivity contribution < 1.29 is 74.6 Å². The van der Waals surface area contributed by atoms with Crippen molar-refractivity contribution in [3.8, 4) is 0 Å². The smallest absolute Gasteiger partial charge is 0.192 e. The normalized spacial score (nSPS) is 16.8. The fraction of sp³-hybridized carbons (Fsp3) is 1.00. The van der Waals surface area contributed by atoms with E-state index in [2.05, 4.69) is 12.6 Å². The van der Waals surface area contributed by atoms with Crippen LogP contribution in [0.3, 0.4) is 0 Å². The second kappa shape index (κ2) is 5.83. The van der Waals surface area contributed by atoms with Gasteiger partial charge in [-0.1, -0.05) is 0 Å². The van der Waals surface area contributed by atoms with Crippen molar-refractivity contribution in [3.63, 3.8) is 0 Å². The van der Waals surface area contributed by atoms with E-state index in [0.29, 0.717) is 0 Å². The van der Waals surface area contributed by atoms with E-state index in [9.17, 15) is 74.6 Å². The standard InChI is InChI=1S/C8F17S/c9-1(10,3(13,14)5(17,18)7(21,22)23)2(11,12)4(15,16)6(19,20)8(24,25)26. The summed E-state index contributed by atoms with van der Waals surface area (Å²) < 4.78 is 212. The Morgan fingerprint density at radius 1 is 0.308 bits per heavy atom. The molecule has 0 N–H and O–H groups in total. The molecule has 0 fully saturated rings. The van der Waals surface area contributed by atoms with Gasteiger partial charge in [0.25, 0.3) is 0 Å². The first-order valence-electron chi connectivity index (χ1n) is 5.17. The van der Waals surface area contributed by atoms with Crippen molar-refractivity contribution in [1.82, 2.24) is 0 Å². The maximum absolute atomic E-state index is 12.9. The SMILES string of the molecule is FC(F)(F)C(F)(F)C(F)(F)C(F)(F)C(F)(F)C(F)(F)C(F)(F)C(F)(F)[S]. The molecule has 157 valence electrons. The molecule has 0 aliphatic carbocycles. The molecule has 0 saturated carbocycles. The molecule has 0 unspecified atom stereocenters. The van der Waals surface area contributed by atoms with Gasteiger partial charge in [0.05, 0.1) is 0 Å². The molecule has 1 radical (unpaired) electrons. The lowest BCUT2D eigenvalue weighted by Gasteiger charge is -2.42. The Hall–Kier alpha value is -0.840. The van der Waals surface area contributed by atoms with Gasteiger partial charge in [0.15, 0.2) is 0 Å². The number of halogens is 17. The van der Waals surface area contributed by atoms with Crippen LogP contribution in [0.1, 0.15) is 0 Å². The van der Waals surface area contributed by atoms with Gasteiger partial charge in [-0.15, -0.1) is 0 Å². The van der Waals surface area contributed by atoms with Gasteiger partial charge in [0, 0.05) is 0 Å². The lowest BCUT2D eigenvalue weighted by atomic mass is 9.91. The lowest BCUT2D eigenvalue weighted by molar-refractivity contribution is -0.457. The molecule has 0 rings (SSSR count). The quantitative estimate of drug-likeness (QED) is 0.425. The number of rotatable bonds is 6. The summed E-state index contributed by atoms with van der Waals surface area (Å²) in [5.41, 5.74) is 0. The van der Waals surface area contributed by atoms with E-state index >= 15 is 0 Å². The Balaban J connectivity index is 6.61. The van der Waals surface area contributed by atoms with Crippen molar-refractivity contribution in [2.45, 2.75) is 47.0 Å². The van der Waals surface area contributed by atoms with Crippen LogP contribution in [0.5, 0.6) is 0 Å². The van der Waals surface area contributed by atoms with Gasteiger partial charge in [0.1, 0.15) is 0 Å². The summed E-state index contributed by atoms with van der Waals surface area (Å²) in [6.07, 6.45) is -7.75. The molecule has 0 spiro atoms. The van der Waals surface area contributed by atoms with Gasteiger partial charge in [-0.05, 0) is 12.6 Å². The fourth-order valence-electron chi connectivity index (χ4n) is 1.15. The maximum atomic E-state index is 12.9. The highest BCUT2D eigenvalue weighted by atomic mass is 32.1. The van der Waals surface area contributed by atoms with Gasteiger partial charge in [0.2, 0.25) is 0 Å². The second-order valence-corrected chi connectivity index (χ2v) is 4.97. The fourth-order valence-corrected chi connectivity index (χ4v) is 1.28.